The van der Waals surface area contributed by atoms with Crippen LogP contribution in [0.4, 0.5) is 11.4 Å². The Morgan fingerprint density at radius 2 is 1.56 bits per heavy atom. The standard InChI is InChI=1S/C23H14N2O7/c1-13(26)32-18-7-3-5-16(12-18)24-22(28)19-9-8-15(11-20(19)23(24)29)21(27)14-4-2-6-17(10-14)25(30)31/h2-12H,1H3. The highest BCUT2D eigenvalue weighted by Gasteiger charge is 2.37. The lowest BCUT2D eigenvalue weighted by molar-refractivity contribution is -0.384. The number of hydrogen-bond donors (Lipinski definition) is 0. The van der Waals surface area contributed by atoms with E-state index in [4.69, 9.17) is 4.74 Å². The molecule has 0 atom stereocenters. The summed E-state index contributed by atoms with van der Waals surface area (Å²) in [5, 5.41) is 11.0. The molecule has 32 heavy (non-hydrogen) atoms. The van der Waals surface area contributed by atoms with E-state index < -0.39 is 28.5 Å². The Kier molecular flexibility index (Phi) is 5.07. The van der Waals surface area contributed by atoms with Gasteiger partial charge in [-0.15, -0.1) is 0 Å². The highest BCUT2D eigenvalue weighted by molar-refractivity contribution is 6.35. The van der Waals surface area contributed by atoms with E-state index in [1.54, 1.807) is 0 Å². The van der Waals surface area contributed by atoms with Crippen LogP contribution in [-0.2, 0) is 4.79 Å². The molecule has 4 rings (SSSR count). The highest BCUT2D eigenvalue weighted by Crippen LogP contribution is 2.31. The number of amides is 2. The number of non-ortho nitro benzene ring substituents is 1. The van der Waals surface area contributed by atoms with Gasteiger partial charge in [0, 0.05) is 36.2 Å². The van der Waals surface area contributed by atoms with Crippen LogP contribution in [0.1, 0.15) is 43.6 Å². The van der Waals surface area contributed by atoms with Gasteiger partial charge >= 0.3 is 5.97 Å². The molecule has 0 bridgehead atoms. The molecular weight excluding hydrogens is 416 g/mol. The predicted octanol–water partition coefficient (Wildman–Crippen LogP) is 3.55. The minimum Gasteiger partial charge on any atom is -0.427 e. The van der Waals surface area contributed by atoms with E-state index in [1.165, 1.54) is 67.6 Å². The first-order valence-corrected chi connectivity index (χ1v) is 9.37. The van der Waals surface area contributed by atoms with Crippen LogP contribution in [0.5, 0.6) is 5.75 Å². The van der Waals surface area contributed by atoms with Gasteiger partial charge in [0.05, 0.1) is 21.7 Å². The number of ketones is 1. The quantitative estimate of drug-likeness (QED) is 0.151. The number of benzene rings is 3. The smallest absolute Gasteiger partial charge is 0.308 e. The van der Waals surface area contributed by atoms with Crippen molar-refractivity contribution in [3.8, 4) is 5.75 Å². The fraction of sp³-hybridized carbons (Fsp3) is 0.0435. The minimum atomic E-state index is -0.640. The first-order valence-electron chi connectivity index (χ1n) is 9.37. The first kappa shape index (κ1) is 20.6. The van der Waals surface area contributed by atoms with E-state index in [1.807, 2.05) is 0 Å². The molecule has 0 saturated carbocycles. The van der Waals surface area contributed by atoms with E-state index in [-0.39, 0.29) is 39.4 Å². The lowest BCUT2D eigenvalue weighted by Crippen LogP contribution is -2.29. The second kappa shape index (κ2) is 7.88. The largest absolute Gasteiger partial charge is 0.427 e. The predicted molar refractivity (Wildman–Crippen MR) is 112 cm³/mol. The van der Waals surface area contributed by atoms with Crippen molar-refractivity contribution in [3.63, 3.8) is 0 Å². The fourth-order valence-corrected chi connectivity index (χ4v) is 3.40. The molecule has 2 amide bonds. The minimum absolute atomic E-state index is 0.0316. The van der Waals surface area contributed by atoms with Gasteiger partial charge in [0.25, 0.3) is 17.5 Å². The van der Waals surface area contributed by atoms with Crippen molar-refractivity contribution in [1.29, 1.82) is 0 Å². The summed E-state index contributed by atoms with van der Waals surface area (Å²) < 4.78 is 5.01. The number of anilines is 1. The molecule has 0 fully saturated rings. The lowest BCUT2D eigenvalue weighted by atomic mass is 9.99. The van der Waals surface area contributed by atoms with Gasteiger partial charge in [-0.2, -0.15) is 0 Å². The number of rotatable bonds is 5. The van der Waals surface area contributed by atoms with Crippen molar-refractivity contribution in [2.45, 2.75) is 6.92 Å². The number of carbonyl (C=O) groups excluding carboxylic acids is 4. The normalized spacial score (nSPS) is 12.5. The Morgan fingerprint density at radius 3 is 2.28 bits per heavy atom. The summed E-state index contributed by atoms with van der Waals surface area (Å²) in [7, 11) is 0. The third kappa shape index (κ3) is 3.63. The number of hydrogen-bond acceptors (Lipinski definition) is 7. The van der Waals surface area contributed by atoms with Crippen molar-refractivity contribution in [3.05, 3.63) is 99.1 Å². The number of ether oxygens (including phenoxy) is 1. The van der Waals surface area contributed by atoms with Crippen molar-refractivity contribution in [1.82, 2.24) is 0 Å². The number of nitro groups is 1. The Bertz CT molecular complexity index is 1330. The number of fused-ring (bicyclic) bond motifs is 1. The van der Waals surface area contributed by atoms with Crippen LogP contribution >= 0.6 is 0 Å². The number of imide groups is 1. The molecule has 0 radical (unpaired) electrons. The Hall–Kier alpha value is -4.66. The average Bonchev–Trinajstić information content (AvgIpc) is 3.02. The molecule has 9 nitrogen and oxygen atoms in total. The Morgan fingerprint density at radius 1 is 0.875 bits per heavy atom. The third-order valence-electron chi connectivity index (χ3n) is 4.81. The van der Waals surface area contributed by atoms with E-state index in [0.717, 1.165) is 11.0 Å². The molecule has 0 aromatic heterocycles. The maximum Gasteiger partial charge on any atom is 0.308 e. The molecule has 1 heterocycles. The zero-order valence-corrected chi connectivity index (χ0v) is 16.6. The van der Waals surface area contributed by atoms with Crippen LogP contribution < -0.4 is 9.64 Å². The lowest BCUT2D eigenvalue weighted by Gasteiger charge is -2.14. The third-order valence-corrected chi connectivity index (χ3v) is 4.81. The van der Waals surface area contributed by atoms with E-state index in [0.29, 0.717) is 0 Å². The molecule has 0 N–H and O–H groups in total. The molecule has 0 aliphatic carbocycles. The van der Waals surface area contributed by atoms with Crippen LogP contribution in [0.15, 0.2) is 66.7 Å². The second-order valence-electron chi connectivity index (χ2n) is 6.93. The molecular formula is C23H14N2O7. The highest BCUT2D eigenvalue weighted by atomic mass is 16.6. The van der Waals surface area contributed by atoms with Crippen LogP contribution in [0.2, 0.25) is 0 Å². The molecule has 0 unspecified atom stereocenters. The van der Waals surface area contributed by atoms with Crippen LogP contribution in [-0.4, -0.2) is 28.5 Å². The van der Waals surface area contributed by atoms with Crippen molar-refractivity contribution in [2.75, 3.05) is 4.90 Å². The van der Waals surface area contributed by atoms with Gasteiger partial charge in [-0.3, -0.25) is 29.3 Å². The van der Waals surface area contributed by atoms with Gasteiger partial charge in [-0.25, -0.2) is 4.90 Å². The average molecular weight is 430 g/mol. The van der Waals surface area contributed by atoms with Gasteiger partial charge in [0.1, 0.15) is 5.75 Å². The number of carbonyl (C=O) groups is 4. The van der Waals surface area contributed by atoms with Gasteiger partial charge in [-0.1, -0.05) is 24.3 Å². The Labute approximate surface area is 181 Å². The second-order valence-corrected chi connectivity index (χ2v) is 6.93. The molecule has 0 spiro atoms. The summed E-state index contributed by atoms with van der Waals surface area (Å²) in [5.41, 5.74) is 0.319. The molecule has 0 saturated heterocycles. The summed E-state index contributed by atoms with van der Waals surface area (Å²) in [6.45, 7) is 1.23. The van der Waals surface area contributed by atoms with Gasteiger partial charge in [0.2, 0.25) is 0 Å². The molecule has 158 valence electrons. The number of nitrogens with zero attached hydrogens (tertiary/aromatic N) is 2. The topological polar surface area (TPSA) is 124 Å². The summed E-state index contributed by atoms with van der Waals surface area (Å²) in [5.74, 6) is -2.12. The summed E-state index contributed by atoms with van der Waals surface area (Å²) in [4.78, 5) is 61.2. The number of nitro benzene ring substituents is 1. The first-order chi connectivity index (χ1) is 15.3. The van der Waals surface area contributed by atoms with Gasteiger partial charge in [0.15, 0.2) is 5.78 Å². The van der Waals surface area contributed by atoms with Crippen LogP contribution in [0.3, 0.4) is 0 Å². The Balaban J connectivity index is 1.68. The van der Waals surface area contributed by atoms with E-state index in [2.05, 4.69) is 0 Å². The zero-order valence-electron chi connectivity index (χ0n) is 16.6. The SMILES string of the molecule is CC(=O)Oc1cccc(N2C(=O)c3ccc(C(=O)c4cccc([N+](=O)[O-])c4)cc3C2=O)c1. The summed E-state index contributed by atoms with van der Waals surface area (Å²) >= 11 is 0. The van der Waals surface area contributed by atoms with E-state index in [9.17, 15) is 29.3 Å². The number of esters is 1. The maximum absolute atomic E-state index is 13.0. The van der Waals surface area contributed by atoms with Crippen LogP contribution in [0, 0.1) is 10.1 Å². The van der Waals surface area contributed by atoms with Crippen molar-refractivity contribution in [2.24, 2.45) is 0 Å². The van der Waals surface area contributed by atoms with Gasteiger partial charge in [-0.05, 0) is 24.3 Å². The molecule has 1 aliphatic heterocycles. The maximum atomic E-state index is 13.0. The molecule has 1 aliphatic rings. The van der Waals surface area contributed by atoms with Gasteiger partial charge < -0.3 is 4.74 Å². The monoisotopic (exact) mass is 430 g/mol. The fourth-order valence-electron chi connectivity index (χ4n) is 3.40. The molecule has 3 aromatic carbocycles. The summed E-state index contributed by atoms with van der Waals surface area (Å²) in [6, 6.07) is 15.3. The van der Waals surface area contributed by atoms with Crippen LogP contribution in [0.25, 0.3) is 0 Å². The molecule has 3 aromatic rings. The van der Waals surface area contributed by atoms with Crippen molar-refractivity contribution >= 4 is 34.9 Å². The van der Waals surface area contributed by atoms with E-state index >= 15 is 0 Å². The molecule has 9 heteroatoms. The zero-order chi connectivity index (χ0) is 23.0. The van der Waals surface area contributed by atoms with Crippen molar-refractivity contribution < 1.29 is 28.8 Å². The summed E-state index contributed by atoms with van der Waals surface area (Å²) in [6.07, 6.45) is 0.